The molecular weight excluding hydrogens is 245 g/mol. The standard InChI is InChI=1S/C12H15F3N2O/c1-17-3-2-10(7-17)18-11-5-8(12(13,14)15)4-9(16)6-11/h4-6,10H,2-3,7,16H2,1H3/t10-/m1/s1. The number of likely N-dealkylation sites (N-methyl/N-ethyl adjacent to an activating group) is 1. The van der Waals surface area contributed by atoms with Gasteiger partial charge >= 0.3 is 6.18 Å². The molecule has 0 bridgehead atoms. The van der Waals surface area contributed by atoms with Crippen molar-refractivity contribution in [3.8, 4) is 5.75 Å². The molecule has 1 saturated heterocycles. The first kappa shape index (κ1) is 13.0. The van der Waals surface area contributed by atoms with Gasteiger partial charge in [-0.1, -0.05) is 0 Å². The van der Waals surface area contributed by atoms with Crippen LogP contribution in [0.3, 0.4) is 0 Å². The Hall–Kier alpha value is -1.43. The number of nitrogen functional groups attached to an aromatic ring is 1. The fraction of sp³-hybridized carbons (Fsp3) is 0.500. The van der Waals surface area contributed by atoms with E-state index in [1.807, 2.05) is 7.05 Å². The molecule has 0 unspecified atom stereocenters. The number of hydrogen-bond donors (Lipinski definition) is 1. The molecule has 0 amide bonds. The van der Waals surface area contributed by atoms with Crippen molar-refractivity contribution in [1.29, 1.82) is 0 Å². The van der Waals surface area contributed by atoms with E-state index in [1.165, 1.54) is 6.07 Å². The summed E-state index contributed by atoms with van der Waals surface area (Å²) in [5.74, 6) is 0.183. The van der Waals surface area contributed by atoms with Crippen molar-refractivity contribution in [2.45, 2.75) is 18.7 Å². The van der Waals surface area contributed by atoms with Gasteiger partial charge in [0, 0.05) is 24.8 Å². The van der Waals surface area contributed by atoms with Gasteiger partial charge < -0.3 is 15.4 Å². The van der Waals surface area contributed by atoms with Crippen molar-refractivity contribution in [2.24, 2.45) is 0 Å². The fourth-order valence-corrected chi connectivity index (χ4v) is 2.04. The van der Waals surface area contributed by atoms with Crippen molar-refractivity contribution in [3.63, 3.8) is 0 Å². The van der Waals surface area contributed by atoms with Crippen molar-refractivity contribution in [2.75, 3.05) is 25.9 Å². The molecule has 0 aliphatic carbocycles. The zero-order valence-corrected chi connectivity index (χ0v) is 10.00. The topological polar surface area (TPSA) is 38.5 Å². The molecule has 1 atom stereocenters. The average Bonchev–Trinajstić information content (AvgIpc) is 2.61. The van der Waals surface area contributed by atoms with E-state index in [4.69, 9.17) is 10.5 Å². The molecule has 0 aromatic heterocycles. The van der Waals surface area contributed by atoms with E-state index in [9.17, 15) is 13.2 Å². The summed E-state index contributed by atoms with van der Waals surface area (Å²) in [6.07, 6.45) is -3.66. The Morgan fingerprint density at radius 2 is 2.06 bits per heavy atom. The second kappa shape index (κ2) is 4.68. The van der Waals surface area contributed by atoms with E-state index >= 15 is 0 Å². The molecule has 0 radical (unpaired) electrons. The Labute approximate surface area is 103 Å². The summed E-state index contributed by atoms with van der Waals surface area (Å²) in [6, 6.07) is 3.33. The number of rotatable bonds is 2. The number of nitrogens with zero attached hydrogens (tertiary/aromatic N) is 1. The minimum atomic E-state index is -4.40. The van der Waals surface area contributed by atoms with Gasteiger partial charge in [0.05, 0.1) is 5.56 Å². The van der Waals surface area contributed by atoms with Crippen LogP contribution in [0, 0.1) is 0 Å². The predicted molar refractivity (Wildman–Crippen MR) is 62.4 cm³/mol. The molecule has 1 aromatic carbocycles. The van der Waals surface area contributed by atoms with Gasteiger partial charge in [0.25, 0.3) is 0 Å². The third kappa shape index (κ3) is 3.07. The molecule has 1 fully saturated rings. The van der Waals surface area contributed by atoms with E-state index < -0.39 is 11.7 Å². The lowest BCUT2D eigenvalue weighted by molar-refractivity contribution is -0.137. The Kier molecular flexibility index (Phi) is 3.38. The van der Waals surface area contributed by atoms with Gasteiger partial charge in [-0.3, -0.25) is 0 Å². The van der Waals surface area contributed by atoms with Crippen LogP contribution in [0.15, 0.2) is 18.2 Å². The SMILES string of the molecule is CN1CC[C@@H](Oc2cc(N)cc(C(F)(F)F)c2)C1. The van der Waals surface area contributed by atoms with E-state index in [1.54, 1.807) is 0 Å². The van der Waals surface area contributed by atoms with Crippen molar-refractivity contribution in [1.82, 2.24) is 4.90 Å². The van der Waals surface area contributed by atoms with Crippen LogP contribution in [0.1, 0.15) is 12.0 Å². The lowest BCUT2D eigenvalue weighted by Gasteiger charge is -2.16. The van der Waals surface area contributed by atoms with E-state index in [-0.39, 0.29) is 17.5 Å². The number of ether oxygens (including phenoxy) is 1. The highest BCUT2D eigenvalue weighted by Gasteiger charge is 2.31. The maximum absolute atomic E-state index is 12.6. The van der Waals surface area contributed by atoms with Gasteiger partial charge in [-0.05, 0) is 25.6 Å². The third-order valence-corrected chi connectivity index (χ3v) is 2.91. The minimum Gasteiger partial charge on any atom is -0.489 e. The average molecular weight is 260 g/mol. The molecule has 6 heteroatoms. The first-order chi connectivity index (χ1) is 8.34. The Morgan fingerprint density at radius 3 is 2.61 bits per heavy atom. The molecule has 1 aromatic rings. The number of nitrogens with two attached hydrogens (primary N) is 1. The summed E-state index contributed by atoms with van der Waals surface area (Å²) in [5.41, 5.74) is 4.75. The van der Waals surface area contributed by atoms with E-state index in [0.717, 1.165) is 31.6 Å². The van der Waals surface area contributed by atoms with Crippen molar-refractivity contribution < 1.29 is 17.9 Å². The van der Waals surface area contributed by atoms with Crippen LogP contribution in [0.5, 0.6) is 5.75 Å². The van der Waals surface area contributed by atoms with Crippen molar-refractivity contribution in [3.05, 3.63) is 23.8 Å². The number of hydrogen-bond acceptors (Lipinski definition) is 3. The molecule has 1 heterocycles. The van der Waals surface area contributed by atoms with Crippen LogP contribution in [0.4, 0.5) is 18.9 Å². The van der Waals surface area contributed by atoms with Crippen LogP contribution in [-0.2, 0) is 6.18 Å². The van der Waals surface area contributed by atoms with Crippen LogP contribution < -0.4 is 10.5 Å². The van der Waals surface area contributed by atoms with Gasteiger partial charge in [0.1, 0.15) is 11.9 Å². The summed E-state index contributed by atoms with van der Waals surface area (Å²) in [4.78, 5) is 2.07. The Balaban J connectivity index is 2.15. The summed E-state index contributed by atoms with van der Waals surface area (Å²) in [6.45, 7) is 1.61. The lowest BCUT2D eigenvalue weighted by atomic mass is 10.2. The molecule has 18 heavy (non-hydrogen) atoms. The normalized spacial score (nSPS) is 21.2. The zero-order valence-electron chi connectivity index (χ0n) is 10.00. The van der Waals surface area contributed by atoms with Gasteiger partial charge in [0.15, 0.2) is 0 Å². The van der Waals surface area contributed by atoms with E-state index in [0.29, 0.717) is 0 Å². The molecule has 0 spiro atoms. The zero-order chi connectivity index (χ0) is 13.3. The second-order valence-electron chi connectivity index (χ2n) is 4.58. The maximum atomic E-state index is 12.6. The van der Waals surface area contributed by atoms with Crippen LogP contribution in [0.25, 0.3) is 0 Å². The monoisotopic (exact) mass is 260 g/mol. The number of likely N-dealkylation sites (tertiary alicyclic amines) is 1. The molecule has 1 aliphatic rings. The van der Waals surface area contributed by atoms with Gasteiger partial charge in [0.2, 0.25) is 0 Å². The quantitative estimate of drug-likeness (QED) is 0.830. The number of anilines is 1. The highest BCUT2D eigenvalue weighted by Crippen LogP contribution is 2.34. The molecule has 2 rings (SSSR count). The summed E-state index contributed by atoms with van der Waals surface area (Å²) in [7, 11) is 1.95. The maximum Gasteiger partial charge on any atom is 0.416 e. The minimum absolute atomic E-state index is 0.0613. The first-order valence-corrected chi connectivity index (χ1v) is 5.67. The number of benzene rings is 1. The Bertz CT molecular complexity index is 434. The molecule has 100 valence electrons. The van der Waals surface area contributed by atoms with Gasteiger partial charge in [-0.15, -0.1) is 0 Å². The summed E-state index contributed by atoms with van der Waals surface area (Å²) in [5, 5.41) is 0. The van der Waals surface area contributed by atoms with Crippen molar-refractivity contribution >= 4 is 5.69 Å². The highest BCUT2D eigenvalue weighted by molar-refractivity contribution is 5.48. The van der Waals surface area contributed by atoms with Gasteiger partial charge in [-0.2, -0.15) is 13.2 Å². The largest absolute Gasteiger partial charge is 0.489 e. The molecule has 0 saturated carbocycles. The molecule has 2 N–H and O–H groups in total. The van der Waals surface area contributed by atoms with Crippen LogP contribution >= 0.6 is 0 Å². The van der Waals surface area contributed by atoms with Gasteiger partial charge in [-0.25, -0.2) is 0 Å². The lowest BCUT2D eigenvalue weighted by Crippen LogP contribution is -2.21. The Morgan fingerprint density at radius 1 is 1.33 bits per heavy atom. The number of alkyl halides is 3. The number of halogens is 3. The highest BCUT2D eigenvalue weighted by atomic mass is 19.4. The third-order valence-electron chi connectivity index (χ3n) is 2.91. The molecule has 1 aliphatic heterocycles. The van der Waals surface area contributed by atoms with E-state index in [2.05, 4.69) is 4.90 Å². The summed E-state index contributed by atoms with van der Waals surface area (Å²) >= 11 is 0. The fourth-order valence-electron chi connectivity index (χ4n) is 2.04. The first-order valence-electron chi connectivity index (χ1n) is 5.67. The summed E-state index contributed by atoms with van der Waals surface area (Å²) < 4.78 is 43.4. The molecular formula is C12H15F3N2O. The van der Waals surface area contributed by atoms with Crippen LogP contribution in [-0.4, -0.2) is 31.1 Å². The second-order valence-corrected chi connectivity index (χ2v) is 4.58. The smallest absolute Gasteiger partial charge is 0.416 e. The van der Waals surface area contributed by atoms with Crippen LogP contribution in [0.2, 0.25) is 0 Å². The predicted octanol–water partition coefficient (Wildman–Crippen LogP) is 2.37. The molecule has 3 nitrogen and oxygen atoms in total.